The van der Waals surface area contributed by atoms with Gasteiger partial charge in [0.2, 0.25) is 0 Å². The number of piperazine rings is 1. The summed E-state index contributed by atoms with van der Waals surface area (Å²) in [6, 6.07) is 6.96. The highest BCUT2D eigenvalue weighted by Gasteiger charge is 2.45. The molecule has 4 aromatic rings. The second-order valence-corrected chi connectivity index (χ2v) is 12.6. The van der Waals surface area contributed by atoms with Crippen LogP contribution in [-0.2, 0) is 6.42 Å². The first-order valence-electron chi connectivity index (χ1n) is 15.6. The van der Waals surface area contributed by atoms with E-state index in [1.807, 2.05) is 6.92 Å². The molecule has 2 bridgehead atoms. The van der Waals surface area contributed by atoms with E-state index in [2.05, 4.69) is 20.2 Å². The maximum absolute atomic E-state index is 14.9. The van der Waals surface area contributed by atoms with E-state index in [0.717, 1.165) is 64.7 Å². The fraction of sp³-hybridized carbons (Fsp3) is 0.500. The molecular weight excluding hydrogens is 549 g/mol. The van der Waals surface area contributed by atoms with Crippen LogP contribution in [0, 0.1) is 5.82 Å². The van der Waals surface area contributed by atoms with Gasteiger partial charge in [-0.25, -0.2) is 4.39 Å². The van der Waals surface area contributed by atoms with Gasteiger partial charge in [-0.2, -0.15) is 19.7 Å². The van der Waals surface area contributed by atoms with Crippen molar-refractivity contribution in [3.8, 4) is 17.4 Å². The van der Waals surface area contributed by atoms with E-state index < -0.39 is 5.56 Å². The average molecular weight is 586 g/mol. The predicted octanol–water partition coefficient (Wildman–Crippen LogP) is 3.68. The van der Waals surface area contributed by atoms with Crippen LogP contribution in [0.2, 0.25) is 0 Å². The number of hydrogen-bond acceptors (Lipinski definition) is 9. The van der Waals surface area contributed by atoms with Gasteiger partial charge in [0, 0.05) is 36.6 Å². The molecule has 0 unspecified atom stereocenters. The normalized spacial score (nSPS) is 23.0. The van der Waals surface area contributed by atoms with Gasteiger partial charge in [-0.15, -0.1) is 0 Å². The second-order valence-electron chi connectivity index (χ2n) is 12.6. The maximum Gasteiger partial charge on any atom is 0.319 e. The van der Waals surface area contributed by atoms with Gasteiger partial charge in [-0.3, -0.25) is 9.69 Å². The van der Waals surface area contributed by atoms with Crippen molar-refractivity contribution in [3.05, 3.63) is 52.2 Å². The number of anilines is 1. The molecule has 4 aliphatic heterocycles. The molecular formula is C32H36FN7O3. The number of hydrogen-bond donors (Lipinski definition) is 2. The number of nitrogens with zero attached hydrogens (tertiary/aromatic N) is 6. The highest BCUT2D eigenvalue weighted by Crippen LogP contribution is 2.39. The largest absolute Gasteiger partial charge is 0.508 e. The second kappa shape index (κ2) is 10.1. The van der Waals surface area contributed by atoms with Gasteiger partial charge in [-0.1, -0.05) is 13.0 Å². The molecule has 6 heterocycles. The first-order valence-corrected chi connectivity index (χ1v) is 15.6. The zero-order chi connectivity index (χ0) is 29.3. The lowest BCUT2D eigenvalue weighted by atomic mass is 9.95. The Kier molecular flexibility index (Phi) is 6.30. The summed E-state index contributed by atoms with van der Waals surface area (Å²) >= 11 is 0. The van der Waals surface area contributed by atoms with Crippen LogP contribution < -0.4 is 20.5 Å². The zero-order valence-corrected chi connectivity index (χ0v) is 24.4. The van der Waals surface area contributed by atoms with Crippen molar-refractivity contribution in [1.82, 2.24) is 30.0 Å². The Bertz CT molecular complexity index is 1790. The van der Waals surface area contributed by atoms with E-state index >= 15 is 0 Å². The van der Waals surface area contributed by atoms with Crippen LogP contribution in [0.15, 0.2) is 35.3 Å². The topological polar surface area (TPSA) is 109 Å². The molecule has 8 rings (SSSR count). The minimum atomic E-state index is -0.469. The molecule has 0 radical (unpaired) electrons. The number of aryl methyl sites for hydroxylation is 1. The standard InChI is InChI=1S/C32H36FN7O3/c1-2-23-25(33)8-5-19-13-22(41)14-26(27(19)23)40-30(42)28-24(15-34-40)29(38-16-20-6-7-21(17-38)35-20)37-31(36-28)43-18-32-9-3-11-39(32)12-4-10-32/h5,8,13-15,20-21,35,41H,2-4,6-7,9-12,16-18H2,1H3/t20-,21+. The third-order valence-electron chi connectivity index (χ3n) is 10.1. The number of nitrogens with one attached hydrogen (secondary N) is 1. The number of fused-ring (bicyclic) bond motifs is 5. The summed E-state index contributed by atoms with van der Waals surface area (Å²) in [5, 5.41) is 20.5. The van der Waals surface area contributed by atoms with Gasteiger partial charge >= 0.3 is 6.01 Å². The van der Waals surface area contributed by atoms with E-state index in [0.29, 0.717) is 58.3 Å². The van der Waals surface area contributed by atoms with Crippen LogP contribution in [0.1, 0.15) is 51.0 Å². The Balaban J connectivity index is 1.28. The number of benzene rings is 2. The monoisotopic (exact) mass is 585 g/mol. The van der Waals surface area contributed by atoms with E-state index in [4.69, 9.17) is 14.7 Å². The molecule has 2 N–H and O–H groups in total. The third kappa shape index (κ3) is 4.35. The van der Waals surface area contributed by atoms with Gasteiger partial charge in [0.1, 0.15) is 29.5 Å². The summed E-state index contributed by atoms with van der Waals surface area (Å²) in [5.74, 6) is 0.255. The molecule has 0 saturated carbocycles. The number of aromatic nitrogens is 4. The van der Waals surface area contributed by atoms with Crippen molar-refractivity contribution in [3.63, 3.8) is 0 Å². The van der Waals surface area contributed by atoms with Crippen LogP contribution in [0.5, 0.6) is 11.8 Å². The van der Waals surface area contributed by atoms with Gasteiger partial charge in [-0.05, 0) is 81.1 Å². The predicted molar refractivity (Wildman–Crippen MR) is 162 cm³/mol. The maximum atomic E-state index is 14.9. The number of halogens is 1. The Morgan fingerprint density at radius 2 is 1.88 bits per heavy atom. The van der Waals surface area contributed by atoms with Crippen LogP contribution in [0.4, 0.5) is 10.2 Å². The molecule has 4 saturated heterocycles. The SMILES string of the molecule is CCc1c(F)ccc2cc(O)cc(-n3ncc4c(N5C[C@H]6CC[C@@H](C5)N6)nc(OCC56CCCN5CCC6)nc4c3=O)c12. The van der Waals surface area contributed by atoms with Crippen molar-refractivity contribution in [2.75, 3.05) is 37.7 Å². The molecule has 0 amide bonds. The molecule has 0 aliphatic carbocycles. The van der Waals surface area contributed by atoms with Crippen LogP contribution in [-0.4, -0.2) is 80.2 Å². The first kappa shape index (κ1) is 26.8. The van der Waals surface area contributed by atoms with Crippen LogP contribution in [0.25, 0.3) is 27.4 Å². The van der Waals surface area contributed by atoms with Gasteiger partial charge in [0.15, 0.2) is 0 Å². The molecule has 10 nitrogen and oxygen atoms in total. The van der Waals surface area contributed by atoms with Crippen molar-refractivity contribution in [2.24, 2.45) is 0 Å². The van der Waals surface area contributed by atoms with Crippen LogP contribution in [0.3, 0.4) is 0 Å². The molecule has 43 heavy (non-hydrogen) atoms. The summed E-state index contributed by atoms with van der Waals surface area (Å²) in [4.78, 5) is 28.6. The molecule has 2 atom stereocenters. The van der Waals surface area contributed by atoms with Gasteiger partial charge in [0.25, 0.3) is 5.56 Å². The van der Waals surface area contributed by atoms with E-state index in [9.17, 15) is 14.3 Å². The number of aromatic hydroxyl groups is 1. The fourth-order valence-corrected chi connectivity index (χ4v) is 8.08. The number of phenolic OH excluding ortho intramolecular Hbond substituents is 1. The summed E-state index contributed by atoms with van der Waals surface area (Å²) < 4.78 is 22.5. The van der Waals surface area contributed by atoms with Gasteiger partial charge in [0.05, 0.1) is 22.8 Å². The van der Waals surface area contributed by atoms with E-state index in [-0.39, 0.29) is 28.6 Å². The number of phenols is 1. The Morgan fingerprint density at radius 3 is 2.63 bits per heavy atom. The zero-order valence-electron chi connectivity index (χ0n) is 24.4. The Hall–Kier alpha value is -3.83. The van der Waals surface area contributed by atoms with Crippen molar-refractivity contribution < 1.29 is 14.2 Å². The highest BCUT2D eigenvalue weighted by atomic mass is 19.1. The summed E-state index contributed by atoms with van der Waals surface area (Å²) in [6.45, 7) is 6.08. The lowest BCUT2D eigenvalue weighted by Crippen LogP contribution is -2.51. The first-order chi connectivity index (χ1) is 20.9. The van der Waals surface area contributed by atoms with E-state index in [1.54, 1.807) is 18.3 Å². The Morgan fingerprint density at radius 1 is 1.12 bits per heavy atom. The quantitative estimate of drug-likeness (QED) is 0.350. The van der Waals surface area contributed by atoms with Crippen LogP contribution >= 0.6 is 0 Å². The van der Waals surface area contributed by atoms with Gasteiger partial charge < -0.3 is 20.1 Å². The molecule has 2 aromatic heterocycles. The summed E-state index contributed by atoms with van der Waals surface area (Å²) in [5.41, 5.74) is 0.504. The lowest BCUT2D eigenvalue weighted by Gasteiger charge is -2.34. The molecule has 11 heteroatoms. The lowest BCUT2D eigenvalue weighted by molar-refractivity contribution is 0.108. The minimum absolute atomic E-state index is 0.00614. The van der Waals surface area contributed by atoms with E-state index in [1.165, 1.54) is 16.8 Å². The van der Waals surface area contributed by atoms with Crippen molar-refractivity contribution in [2.45, 2.75) is 69.5 Å². The summed E-state index contributed by atoms with van der Waals surface area (Å²) in [7, 11) is 0. The molecule has 2 aromatic carbocycles. The van der Waals surface area contributed by atoms with Crippen molar-refractivity contribution in [1.29, 1.82) is 0 Å². The smallest absolute Gasteiger partial charge is 0.319 e. The van der Waals surface area contributed by atoms with Crippen molar-refractivity contribution >= 4 is 27.5 Å². The highest BCUT2D eigenvalue weighted by molar-refractivity contribution is 5.95. The molecule has 4 aliphatic rings. The third-order valence-corrected chi connectivity index (χ3v) is 10.1. The molecule has 4 fully saturated rings. The summed E-state index contributed by atoms with van der Waals surface area (Å²) in [6.07, 6.45) is 8.75. The Labute approximate surface area is 248 Å². The minimum Gasteiger partial charge on any atom is -0.508 e. The average Bonchev–Trinajstić information content (AvgIpc) is 3.69. The number of ether oxygens (including phenoxy) is 1. The molecule has 0 spiro atoms. The molecule has 224 valence electrons. The number of rotatable bonds is 6. The fourth-order valence-electron chi connectivity index (χ4n) is 8.08.